The van der Waals surface area contributed by atoms with E-state index in [2.05, 4.69) is 17.9 Å². The Morgan fingerprint density at radius 2 is 1.93 bits per heavy atom. The monoisotopic (exact) mass is 220 g/mol. The van der Waals surface area contributed by atoms with Crippen LogP contribution < -0.4 is 11.1 Å². The molecule has 1 amide bonds. The molecule has 0 aromatic rings. The lowest BCUT2D eigenvalue weighted by Crippen LogP contribution is -2.54. The predicted molar refractivity (Wildman–Crippen MR) is 56.3 cm³/mol. The van der Waals surface area contributed by atoms with E-state index in [4.69, 9.17) is 10.8 Å². The normalized spacial score (nSPS) is 15.8. The summed E-state index contributed by atoms with van der Waals surface area (Å²) in [6.45, 7) is 4.70. The molecule has 0 spiro atoms. The summed E-state index contributed by atoms with van der Waals surface area (Å²) in [6.07, 6.45) is 0. The number of nitrogens with two attached hydrogens (primary N) is 1. The summed E-state index contributed by atoms with van der Waals surface area (Å²) >= 11 is 4.10. The minimum atomic E-state index is -1.13. The second-order valence-electron chi connectivity index (χ2n) is 3.72. The molecule has 0 radical (unpaired) electrons. The molecule has 2 atom stereocenters. The molecule has 14 heavy (non-hydrogen) atoms. The van der Waals surface area contributed by atoms with Crippen LogP contribution in [0.15, 0.2) is 0 Å². The fourth-order valence-corrected chi connectivity index (χ4v) is 0.989. The first-order valence-corrected chi connectivity index (χ1v) is 4.62. The summed E-state index contributed by atoms with van der Waals surface area (Å²) in [6, 6.07) is -1.78. The van der Waals surface area contributed by atoms with Crippen molar-refractivity contribution >= 4 is 24.5 Å². The Bertz CT molecular complexity index is 235. The van der Waals surface area contributed by atoms with Crippen LogP contribution in [-0.2, 0) is 9.59 Å². The zero-order chi connectivity index (χ0) is 11.5. The topological polar surface area (TPSA) is 92.4 Å². The molecule has 0 saturated carbocycles. The molecular formula is C8H16N2O3S. The lowest BCUT2D eigenvalue weighted by Gasteiger charge is -2.27. The predicted octanol–water partition coefficient (Wildman–Crippen LogP) is -0.389. The summed E-state index contributed by atoms with van der Waals surface area (Å²) in [5, 5.41) is 11.2. The highest BCUT2D eigenvalue weighted by atomic mass is 32.1. The first-order chi connectivity index (χ1) is 6.16. The summed E-state index contributed by atoms with van der Waals surface area (Å²) < 4.78 is -0.837. The number of hydrogen-bond donors (Lipinski definition) is 4. The summed E-state index contributed by atoms with van der Waals surface area (Å²) in [5.74, 6) is -1.63. The number of thiol groups is 1. The maximum atomic E-state index is 11.2. The molecule has 0 aromatic heterocycles. The second-order valence-corrected chi connectivity index (χ2v) is 4.87. The maximum absolute atomic E-state index is 11.2. The highest BCUT2D eigenvalue weighted by Crippen LogP contribution is 2.17. The first kappa shape index (κ1) is 13.2. The highest BCUT2D eigenvalue weighted by Gasteiger charge is 2.33. The highest BCUT2D eigenvalue weighted by molar-refractivity contribution is 7.81. The molecule has 0 saturated heterocycles. The van der Waals surface area contributed by atoms with Crippen molar-refractivity contribution in [2.45, 2.75) is 37.6 Å². The van der Waals surface area contributed by atoms with Gasteiger partial charge in [0, 0.05) is 4.75 Å². The van der Waals surface area contributed by atoms with Crippen molar-refractivity contribution in [3.05, 3.63) is 0 Å². The number of carboxylic acids is 1. The van der Waals surface area contributed by atoms with Crippen molar-refractivity contribution in [3.63, 3.8) is 0 Å². The fourth-order valence-electron chi connectivity index (χ4n) is 0.814. The van der Waals surface area contributed by atoms with Crippen LogP contribution in [0.25, 0.3) is 0 Å². The molecule has 6 heteroatoms. The molecule has 0 bridgehead atoms. The van der Waals surface area contributed by atoms with Crippen LogP contribution in [0.5, 0.6) is 0 Å². The number of hydrogen-bond acceptors (Lipinski definition) is 4. The van der Waals surface area contributed by atoms with Crippen LogP contribution >= 0.6 is 12.6 Å². The van der Waals surface area contributed by atoms with Crippen molar-refractivity contribution in [2.75, 3.05) is 0 Å². The SMILES string of the molecule is C[C@H](N)C(=O)N[C@H](C(=O)O)C(C)(C)S. The molecule has 0 unspecified atom stereocenters. The molecule has 0 aliphatic heterocycles. The molecule has 4 N–H and O–H groups in total. The van der Waals surface area contributed by atoms with Crippen molar-refractivity contribution in [1.82, 2.24) is 5.32 Å². The van der Waals surface area contributed by atoms with Crippen molar-refractivity contribution in [2.24, 2.45) is 5.73 Å². The first-order valence-electron chi connectivity index (χ1n) is 4.17. The smallest absolute Gasteiger partial charge is 0.327 e. The standard InChI is InChI=1S/C8H16N2O3S/c1-4(9)6(11)10-5(7(12)13)8(2,3)14/h4-5,14H,9H2,1-3H3,(H,10,11)(H,12,13)/t4-,5+/m0/s1. The quantitative estimate of drug-likeness (QED) is 0.486. The van der Waals surface area contributed by atoms with Gasteiger partial charge < -0.3 is 16.2 Å². The van der Waals surface area contributed by atoms with Crippen LogP contribution in [0.3, 0.4) is 0 Å². The molecular weight excluding hydrogens is 204 g/mol. The third-order valence-electron chi connectivity index (χ3n) is 1.65. The average molecular weight is 220 g/mol. The van der Waals surface area contributed by atoms with E-state index in [-0.39, 0.29) is 0 Å². The largest absolute Gasteiger partial charge is 0.480 e. The van der Waals surface area contributed by atoms with Gasteiger partial charge in [-0.1, -0.05) is 0 Å². The van der Waals surface area contributed by atoms with Gasteiger partial charge in [0.05, 0.1) is 6.04 Å². The number of aliphatic carboxylic acids is 1. The number of rotatable bonds is 4. The van der Waals surface area contributed by atoms with Crippen molar-refractivity contribution in [3.8, 4) is 0 Å². The summed E-state index contributed by atoms with van der Waals surface area (Å²) in [4.78, 5) is 22.0. The van der Waals surface area contributed by atoms with Gasteiger partial charge in [0.2, 0.25) is 5.91 Å². The van der Waals surface area contributed by atoms with Gasteiger partial charge in [0.15, 0.2) is 0 Å². The van der Waals surface area contributed by atoms with E-state index in [0.29, 0.717) is 0 Å². The van der Waals surface area contributed by atoms with E-state index >= 15 is 0 Å². The van der Waals surface area contributed by atoms with Crippen LogP contribution in [-0.4, -0.2) is 33.8 Å². The maximum Gasteiger partial charge on any atom is 0.327 e. The van der Waals surface area contributed by atoms with Gasteiger partial charge in [-0.15, -0.1) is 0 Å². The molecule has 0 aromatic carbocycles. The number of carbonyl (C=O) groups excluding carboxylic acids is 1. The zero-order valence-corrected chi connectivity index (χ0v) is 9.34. The van der Waals surface area contributed by atoms with Gasteiger partial charge in [-0.25, -0.2) is 4.79 Å². The lowest BCUT2D eigenvalue weighted by atomic mass is 10.0. The van der Waals surface area contributed by atoms with Crippen LogP contribution in [0.2, 0.25) is 0 Å². The van der Waals surface area contributed by atoms with Crippen LogP contribution in [0, 0.1) is 0 Å². The minimum Gasteiger partial charge on any atom is -0.480 e. The van der Waals surface area contributed by atoms with E-state index in [9.17, 15) is 9.59 Å². The van der Waals surface area contributed by atoms with Crippen LogP contribution in [0.1, 0.15) is 20.8 Å². The molecule has 0 heterocycles. The van der Waals surface area contributed by atoms with Gasteiger partial charge in [0.25, 0.3) is 0 Å². The second kappa shape index (κ2) is 4.65. The number of carboxylic acid groups (broad SMARTS) is 1. The van der Waals surface area contributed by atoms with E-state index in [1.807, 2.05) is 0 Å². The van der Waals surface area contributed by atoms with Gasteiger partial charge >= 0.3 is 5.97 Å². The van der Waals surface area contributed by atoms with Crippen molar-refractivity contribution in [1.29, 1.82) is 0 Å². The number of carbonyl (C=O) groups is 2. The molecule has 82 valence electrons. The minimum absolute atomic E-state index is 0.500. The Morgan fingerprint density at radius 3 is 2.14 bits per heavy atom. The Balaban J connectivity index is 4.56. The fraction of sp³-hybridized carbons (Fsp3) is 0.750. The molecule has 0 rings (SSSR count). The summed E-state index contributed by atoms with van der Waals surface area (Å²) in [7, 11) is 0. The van der Waals surface area contributed by atoms with Crippen molar-refractivity contribution < 1.29 is 14.7 Å². The Kier molecular flexibility index (Phi) is 4.41. The van der Waals surface area contributed by atoms with Gasteiger partial charge in [0.1, 0.15) is 6.04 Å². The molecule has 0 fully saturated rings. The zero-order valence-electron chi connectivity index (χ0n) is 8.44. The molecule has 0 aliphatic rings. The van der Waals surface area contributed by atoms with E-state index in [1.54, 1.807) is 13.8 Å². The lowest BCUT2D eigenvalue weighted by molar-refractivity contribution is -0.142. The van der Waals surface area contributed by atoms with Gasteiger partial charge in [-0.05, 0) is 20.8 Å². The van der Waals surface area contributed by atoms with E-state index in [1.165, 1.54) is 6.92 Å². The molecule has 5 nitrogen and oxygen atoms in total. The Labute approximate surface area is 88.5 Å². The van der Waals surface area contributed by atoms with Gasteiger partial charge in [-0.2, -0.15) is 12.6 Å². The Hall–Kier alpha value is -0.750. The van der Waals surface area contributed by atoms with E-state index < -0.39 is 28.7 Å². The number of nitrogens with one attached hydrogen (secondary N) is 1. The number of amides is 1. The van der Waals surface area contributed by atoms with E-state index in [0.717, 1.165) is 0 Å². The average Bonchev–Trinajstić information content (AvgIpc) is 1.96. The third kappa shape index (κ3) is 3.97. The van der Waals surface area contributed by atoms with Crippen LogP contribution in [0.4, 0.5) is 0 Å². The van der Waals surface area contributed by atoms with Gasteiger partial charge in [-0.3, -0.25) is 4.79 Å². The molecule has 0 aliphatic carbocycles. The summed E-state index contributed by atoms with van der Waals surface area (Å²) in [5.41, 5.74) is 5.30. The third-order valence-corrected chi connectivity index (χ3v) is 1.91. The Morgan fingerprint density at radius 1 is 1.50 bits per heavy atom.